The van der Waals surface area contributed by atoms with Gasteiger partial charge < -0.3 is 14.3 Å². The Morgan fingerprint density at radius 3 is 2.61 bits per heavy atom. The number of hydrogen-bond acceptors (Lipinski definition) is 6. The van der Waals surface area contributed by atoms with E-state index in [9.17, 15) is 9.90 Å². The van der Waals surface area contributed by atoms with E-state index < -0.39 is 11.2 Å². The molecule has 0 bridgehead atoms. The first-order chi connectivity index (χ1) is 8.56. The molecule has 2 aromatic rings. The van der Waals surface area contributed by atoms with Crippen molar-refractivity contribution < 1.29 is 14.3 Å². The number of carboxylic acid groups (broad SMARTS) is 1. The Labute approximate surface area is 108 Å². The highest BCUT2D eigenvalue weighted by atomic mass is 32.2. The van der Waals surface area contributed by atoms with Gasteiger partial charge in [0.1, 0.15) is 0 Å². The molecule has 0 spiro atoms. The maximum Gasteiger partial charge on any atom is 0.277 e. The number of nitrogens with zero attached hydrogens (tertiary/aromatic N) is 2. The van der Waals surface area contributed by atoms with Crippen molar-refractivity contribution >= 4 is 17.7 Å². The van der Waals surface area contributed by atoms with Crippen LogP contribution in [0.3, 0.4) is 0 Å². The number of hydrogen-bond donors (Lipinski definition) is 0. The summed E-state index contributed by atoms with van der Waals surface area (Å²) >= 11 is 0.968. The quantitative estimate of drug-likeness (QED) is 0.773. The zero-order valence-electron chi connectivity index (χ0n) is 9.91. The average Bonchev–Trinajstić information content (AvgIpc) is 2.78. The van der Waals surface area contributed by atoms with E-state index in [-0.39, 0.29) is 5.22 Å². The van der Waals surface area contributed by atoms with Crippen LogP contribution in [0.4, 0.5) is 0 Å². The molecule has 5 nitrogen and oxygen atoms in total. The molecular formula is C12H11N2O3S-. The third-order valence-corrected chi connectivity index (χ3v) is 3.23. The second kappa shape index (κ2) is 5.22. The van der Waals surface area contributed by atoms with E-state index >= 15 is 0 Å². The van der Waals surface area contributed by atoms with Crippen LogP contribution in [-0.4, -0.2) is 21.4 Å². The first-order valence-corrected chi connectivity index (χ1v) is 6.22. The second-order valence-corrected chi connectivity index (χ2v) is 5.11. The molecule has 94 valence electrons. The van der Waals surface area contributed by atoms with Crippen LogP contribution in [0.5, 0.6) is 0 Å². The Hall–Kier alpha value is -1.82. The number of carbonyl (C=O) groups excluding carboxylic acids is 1. The molecule has 6 heteroatoms. The molecule has 1 aromatic heterocycles. The molecule has 1 heterocycles. The Bertz CT molecular complexity index is 551. The van der Waals surface area contributed by atoms with Crippen LogP contribution in [0.15, 0.2) is 33.9 Å². The molecule has 1 aromatic carbocycles. The Balaban J connectivity index is 2.15. The van der Waals surface area contributed by atoms with Gasteiger partial charge in [-0.25, -0.2) is 0 Å². The van der Waals surface area contributed by atoms with Gasteiger partial charge in [-0.15, -0.1) is 10.2 Å². The molecule has 0 aliphatic carbocycles. The zero-order valence-corrected chi connectivity index (χ0v) is 10.7. The van der Waals surface area contributed by atoms with E-state index in [0.717, 1.165) is 22.9 Å². The fourth-order valence-corrected chi connectivity index (χ4v) is 1.88. The fraction of sp³-hybridized carbons (Fsp3) is 0.250. The van der Waals surface area contributed by atoms with Crippen molar-refractivity contribution in [2.24, 2.45) is 0 Å². The number of thioether (sulfide) groups is 1. The first-order valence-electron chi connectivity index (χ1n) is 5.34. The summed E-state index contributed by atoms with van der Waals surface area (Å²) < 4.78 is 5.38. The summed E-state index contributed by atoms with van der Waals surface area (Å²) in [5, 5.41) is 17.8. The van der Waals surface area contributed by atoms with E-state index in [4.69, 9.17) is 4.42 Å². The highest BCUT2D eigenvalue weighted by Crippen LogP contribution is 2.25. The number of benzene rings is 1. The van der Waals surface area contributed by atoms with Crippen LogP contribution in [-0.2, 0) is 4.79 Å². The van der Waals surface area contributed by atoms with Gasteiger partial charge in [-0.05, 0) is 26.0 Å². The average molecular weight is 263 g/mol. The lowest BCUT2D eigenvalue weighted by Crippen LogP contribution is -2.31. The smallest absolute Gasteiger partial charge is 0.277 e. The van der Waals surface area contributed by atoms with Gasteiger partial charge in [0.05, 0.1) is 11.2 Å². The van der Waals surface area contributed by atoms with Gasteiger partial charge in [0.2, 0.25) is 5.89 Å². The van der Waals surface area contributed by atoms with Gasteiger partial charge in [-0.2, -0.15) is 0 Å². The molecule has 0 fully saturated rings. The van der Waals surface area contributed by atoms with Crippen LogP contribution in [0, 0.1) is 6.92 Å². The van der Waals surface area contributed by atoms with Crippen molar-refractivity contribution in [3.8, 4) is 11.5 Å². The van der Waals surface area contributed by atoms with E-state index in [1.54, 1.807) is 0 Å². The molecule has 0 aliphatic rings. The van der Waals surface area contributed by atoms with Crippen LogP contribution < -0.4 is 5.11 Å². The first kappa shape index (κ1) is 12.6. The summed E-state index contributed by atoms with van der Waals surface area (Å²) in [5.41, 5.74) is 1.94. The highest BCUT2D eigenvalue weighted by molar-refractivity contribution is 8.00. The number of carbonyl (C=O) groups is 1. The molecule has 0 saturated heterocycles. The minimum absolute atomic E-state index is 0.224. The maximum atomic E-state index is 10.6. The second-order valence-electron chi connectivity index (χ2n) is 3.82. The minimum Gasteiger partial charge on any atom is -0.549 e. The van der Waals surface area contributed by atoms with Gasteiger partial charge in [0.25, 0.3) is 5.22 Å². The lowest BCUT2D eigenvalue weighted by molar-refractivity contribution is -0.304. The molecule has 0 aliphatic heterocycles. The van der Waals surface area contributed by atoms with E-state index in [1.807, 2.05) is 31.2 Å². The SMILES string of the molecule is Cc1ccc(-c2nnc(S[C@@H](C)C(=O)[O-])o2)cc1. The minimum atomic E-state index is -1.16. The number of aliphatic carboxylic acids is 1. The van der Waals surface area contributed by atoms with Gasteiger partial charge in [-0.1, -0.05) is 29.5 Å². The van der Waals surface area contributed by atoms with Crippen molar-refractivity contribution in [2.75, 3.05) is 0 Å². The van der Waals surface area contributed by atoms with Crippen LogP contribution in [0.2, 0.25) is 0 Å². The molecule has 0 N–H and O–H groups in total. The fourth-order valence-electron chi connectivity index (χ4n) is 1.27. The summed E-state index contributed by atoms with van der Waals surface area (Å²) in [5.74, 6) is -0.780. The highest BCUT2D eigenvalue weighted by Gasteiger charge is 2.13. The normalized spacial score (nSPS) is 12.3. The molecule has 0 saturated carbocycles. The van der Waals surface area contributed by atoms with Crippen LogP contribution in [0.25, 0.3) is 11.5 Å². The summed E-state index contributed by atoms with van der Waals surface area (Å²) in [7, 11) is 0. The molecule has 0 unspecified atom stereocenters. The lowest BCUT2D eigenvalue weighted by Gasteiger charge is -2.07. The molecule has 18 heavy (non-hydrogen) atoms. The van der Waals surface area contributed by atoms with Crippen molar-refractivity contribution in [1.82, 2.24) is 10.2 Å². The summed E-state index contributed by atoms with van der Waals surface area (Å²) in [6.07, 6.45) is 0. The Morgan fingerprint density at radius 2 is 2.00 bits per heavy atom. The molecule has 0 amide bonds. The lowest BCUT2D eigenvalue weighted by atomic mass is 10.1. The zero-order chi connectivity index (χ0) is 13.1. The van der Waals surface area contributed by atoms with Crippen LogP contribution in [0.1, 0.15) is 12.5 Å². The van der Waals surface area contributed by atoms with Crippen molar-refractivity contribution in [3.05, 3.63) is 29.8 Å². The van der Waals surface area contributed by atoms with Gasteiger partial charge >= 0.3 is 0 Å². The number of aryl methyl sites for hydroxylation is 1. The summed E-state index contributed by atoms with van der Waals surface area (Å²) in [6, 6.07) is 7.63. The third-order valence-electron chi connectivity index (χ3n) is 2.31. The van der Waals surface area contributed by atoms with E-state index in [2.05, 4.69) is 10.2 Å². The predicted octanol–water partition coefficient (Wildman–Crippen LogP) is 1.28. The maximum absolute atomic E-state index is 10.6. The van der Waals surface area contributed by atoms with Crippen molar-refractivity contribution in [1.29, 1.82) is 0 Å². The predicted molar refractivity (Wildman–Crippen MR) is 64.8 cm³/mol. The number of rotatable bonds is 4. The molecule has 1 atom stereocenters. The van der Waals surface area contributed by atoms with Crippen molar-refractivity contribution in [3.63, 3.8) is 0 Å². The number of aromatic nitrogens is 2. The van der Waals surface area contributed by atoms with Crippen LogP contribution >= 0.6 is 11.8 Å². The summed E-state index contributed by atoms with van der Waals surface area (Å²) in [6.45, 7) is 3.50. The van der Waals surface area contributed by atoms with Crippen molar-refractivity contribution in [2.45, 2.75) is 24.3 Å². The molecular weight excluding hydrogens is 252 g/mol. The third kappa shape index (κ3) is 2.89. The van der Waals surface area contributed by atoms with Gasteiger partial charge in [0, 0.05) is 5.56 Å². The molecule has 0 radical (unpaired) electrons. The standard InChI is InChI=1S/C12H12N2O3S/c1-7-3-5-9(6-4-7)10-13-14-12(17-10)18-8(2)11(15)16/h3-6,8H,1-2H3,(H,15,16)/p-1/t8-/m0/s1. The van der Waals surface area contributed by atoms with E-state index in [1.165, 1.54) is 6.92 Å². The van der Waals surface area contributed by atoms with Gasteiger partial charge in [-0.3, -0.25) is 0 Å². The van der Waals surface area contributed by atoms with E-state index in [0.29, 0.717) is 5.89 Å². The van der Waals surface area contributed by atoms with Gasteiger partial charge in [0.15, 0.2) is 0 Å². The monoisotopic (exact) mass is 263 g/mol. The molecule has 2 rings (SSSR count). The number of carboxylic acids is 1. The Kier molecular flexibility index (Phi) is 3.66. The topological polar surface area (TPSA) is 79.0 Å². The largest absolute Gasteiger partial charge is 0.549 e. The Morgan fingerprint density at radius 1 is 1.33 bits per heavy atom. The summed E-state index contributed by atoms with van der Waals surface area (Å²) in [4.78, 5) is 10.6.